The lowest BCUT2D eigenvalue weighted by atomic mass is 10.2. The zero-order valence-electron chi connectivity index (χ0n) is 11.4. The summed E-state index contributed by atoms with van der Waals surface area (Å²) in [6.07, 6.45) is 4.89. The van der Waals surface area contributed by atoms with Crippen LogP contribution >= 0.6 is 15.9 Å². The van der Waals surface area contributed by atoms with E-state index in [1.165, 1.54) is 37.3 Å². The third kappa shape index (κ3) is 5.49. The van der Waals surface area contributed by atoms with Gasteiger partial charge in [-0.05, 0) is 59.6 Å². The number of hydrogen-bond donors (Lipinski definition) is 0. The Hall–Kier alpha value is -0.410. The molecule has 1 aromatic carbocycles. The van der Waals surface area contributed by atoms with Crippen molar-refractivity contribution in [2.24, 2.45) is 0 Å². The van der Waals surface area contributed by atoms with E-state index in [1.54, 1.807) is 0 Å². The van der Waals surface area contributed by atoms with E-state index >= 15 is 0 Å². The van der Waals surface area contributed by atoms with E-state index in [4.69, 9.17) is 0 Å². The minimum Gasteiger partial charge on any atom is -0.299 e. The van der Waals surface area contributed by atoms with Crippen molar-refractivity contribution in [1.29, 1.82) is 0 Å². The SMILES string of the molecule is CCCCN(CCCC)Cc1ccc(F)c(Br)c1. The Bertz CT molecular complexity index is 346. The molecule has 0 saturated carbocycles. The minimum absolute atomic E-state index is 0.188. The summed E-state index contributed by atoms with van der Waals surface area (Å²) in [6, 6.07) is 5.31. The van der Waals surface area contributed by atoms with Crippen LogP contribution in [0.1, 0.15) is 45.1 Å². The van der Waals surface area contributed by atoms with Crippen LogP contribution in [0.5, 0.6) is 0 Å². The molecule has 0 fully saturated rings. The second-order valence-corrected chi connectivity index (χ2v) is 5.59. The molecule has 0 spiro atoms. The third-order valence-electron chi connectivity index (χ3n) is 3.05. The van der Waals surface area contributed by atoms with E-state index in [2.05, 4.69) is 34.7 Å². The number of unbranched alkanes of at least 4 members (excludes halogenated alkanes) is 2. The lowest BCUT2D eigenvalue weighted by Crippen LogP contribution is -2.25. The van der Waals surface area contributed by atoms with Gasteiger partial charge < -0.3 is 0 Å². The normalized spacial score (nSPS) is 11.2. The molecule has 0 aliphatic rings. The highest BCUT2D eigenvalue weighted by Gasteiger charge is 2.07. The zero-order chi connectivity index (χ0) is 13.4. The molecule has 18 heavy (non-hydrogen) atoms. The molecule has 1 rings (SSSR count). The van der Waals surface area contributed by atoms with Gasteiger partial charge in [0.25, 0.3) is 0 Å². The molecule has 3 heteroatoms. The fraction of sp³-hybridized carbons (Fsp3) is 0.600. The molecule has 0 N–H and O–H groups in total. The Morgan fingerprint density at radius 2 is 1.72 bits per heavy atom. The van der Waals surface area contributed by atoms with Gasteiger partial charge in [0, 0.05) is 6.54 Å². The summed E-state index contributed by atoms with van der Waals surface area (Å²) < 4.78 is 13.7. The van der Waals surface area contributed by atoms with Gasteiger partial charge in [-0.2, -0.15) is 0 Å². The maximum Gasteiger partial charge on any atom is 0.137 e. The van der Waals surface area contributed by atoms with Crippen molar-refractivity contribution in [3.8, 4) is 0 Å². The quantitative estimate of drug-likeness (QED) is 0.653. The monoisotopic (exact) mass is 315 g/mol. The van der Waals surface area contributed by atoms with Gasteiger partial charge in [0.2, 0.25) is 0 Å². The summed E-state index contributed by atoms with van der Waals surface area (Å²) in [7, 11) is 0. The van der Waals surface area contributed by atoms with Gasteiger partial charge in [0.05, 0.1) is 4.47 Å². The second-order valence-electron chi connectivity index (χ2n) is 4.73. The molecule has 0 radical (unpaired) electrons. The molecule has 0 aliphatic heterocycles. The van der Waals surface area contributed by atoms with Crippen LogP contribution < -0.4 is 0 Å². The number of halogens is 2. The van der Waals surface area contributed by atoms with Crippen molar-refractivity contribution < 1.29 is 4.39 Å². The highest BCUT2D eigenvalue weighted by atomic mass is 79.9. The molecule has 0 atom stereocenters. The van der Waals surface area contributed by atoms with Crippen molar-refractivity contribution in [2.45, 2.75) is 46.1 Å². The van der Waals surface area contributed by atoms with Gasteiger partial charge >= 0.3 is 0 Å². The average molecular weight is 316 g/mol. The summed E-state index contributed by atoms with van der Waals surface area (Å²) in [5, 5.41) is 0. The van der Waals surface area contributed by atoms with E-state index < -0.39 is 0 Å². The molecular formula is C15H23BrFN. The molecular weight excluding hydrogens is 293 g/mol. The smallest absolute Gasteiger partial charge is 0.137 e. The van der Waals surface area contributed by atoms with Gasteiger partial charge in [-0.15, -0.1) is 0 Å². The van der Waals surface area contributed by atoms with Gasteiger partial charge in [0.1, 0.15) is 5.82 Å². The molecule has 1 nitrogen and oxygen atoms in total. The maximum absolute atomic E-state index is 13.2. The molecule has 0 aliphatic carbocycles. The van der Waals surface area contributed by atoms with Crippen molar-refractivity contribution in [3.63, 3.8) is 0 Å². The number of hydrogen-bond acceptors (Lipinski definition) is 1. The van der Waals surface area contributed by atoms with Crippen molar-refractivity contribution in [3.05, 3.63) is 34.1 Å². The Kier molecular flexibility index (Phi) is 7.52. The first-order chi connectivity index (χ1) is 8.67. The van der Waals surface area contributed by atoms with Crippen LogP contribution in [0.25, 0.3) is 0 Å². The van der Waals surface area contributed by atoms with Crippen molar-refractivity contribution >= 4 is 15.9 Å². The number of nitrogens with zero attached hydrogens (tertiary/aromatic N) is 1. The minimum atomic E-state index is -0.188. The Labute approximate surface area is 119 Å². The van der Waals surface area contributed by atoms with Crippen molar-refractivity contribution in [2.75, 3.05) is 13.1 Å². The van der Waals surface area contributed by atoms with Crippen molar-refractivity contribution in [1.82, 2.24) is 4.90 Å². The highest BCUT2D eigenvalue weighted by Crippen LogP contribution is 2.18. The van der Waals surface area contributed by atoms with Crippen LogP contribution in [0.15, 0.2) is 22.7 Å². The standard InChI is InChI=1S/C15H23BrFN/c1-3-5-9-18(10-6-4-2)12-13-7-8-15(17)14(16)11-13/h7-8,11H,3-6,9-10,12H2,1-2H3. The Morgan fingerprint density at radius 3 is 2.22 bits per heavy atom. The highest BCUT2D eigenvalue weighted by molar-refractivity contribution is 9.10. The predicted octanol–water partition coefficient (Wildman–Crippen LogP) is 4.99. The van der Waals surface area contributed by atoms with Crippen LogP contribution in [0, 0.1) is 5.82 Å². The van der Waals surface area contributed by atoms with E-state index in [1.807, 2.05) is 12.1 Å². The molecule has 1 aromatic rings. The van der Waals surface area contributed by atoms with E-state index in [0.29, 0.717) is 4.47 Å². The molecule has 0 saturated heterocycles. The van der Waals surface area contributed by atoms with Crippen LogP contribution in [-0.2, 0) is 6.54 Å². The van der Waals surface area contributed by atoms with Gasteiger partial charge in [-0.25, -0.2) is 4.39 Å². The summed E-state index contributed by atoms with van der Waals surface area (Å²) in [4.78, 5) is 2.46. The topological polar surface area (TPSA) is 3.24 Å². The fourth-order valence-corrected chi connectivity index (χ4v) is 2.36. The fourth-order valence-electron chi connectivity index (χ4n) is 1.93. The molecule has 0 heterocycles. The molecule has 0 bridgehead atoms. The van der Waals surface area contributed by atoms with E-state index in [9.17, 15) is 4.39 Å². The molecule has 102 valence electrons. The predicted molar refractivity (Wildman–Crippen MR) is 79.2 cm³/mol. The third-order valence-corrected chi connectivity index (χ3v) is 3.65. The van der Waals surface area contributed by atoms with Gasteiger partial charge in [0.15, 0.2) is 0 Å². The largest absolute Gasteiger partial charge is 0.299 e. The van der Waals surface area contributed by atoms with E-state index in [0.717, 1.165) is 19.6 Å². The maximum atomic E-state index is 13.2. The average Bonchev–Trinajstić information content (AvgIpc) is 2.37. The van der Waals surface area contributed by atoms with Gasteiger partial charge in [-0.1, -0.05) is 32.8 Å². The van der Waals surface area contributed by atoms with Crippen LogP contribution in [0.2, 0.25) is 0 Å². The van der Waals surface area contributed by atoms with Crippen LogP contribution in [0.3, 0.4) is 0 Å². The summed E-state index contributed by atoms with van der Waals surface area (Å²) >= 11 is 3.25. The first-order valence-corrected chi connectivity index (χ1v) is 7.63. The lowest BCUT2D eigenvalue weighted by Gasteiger charge is -2.22. The Balaban J connectivity index is 2.59. The first kappa shape index (κ1) is 15.6. The van der Waals surface area contributed by atoms with Gasteiger partial charge in [-0.3, -0.25) is 4.90 Å². The number of benzene rings is 1. The Morgan fingerprint density at radius 1 is 1.11 bits per heavy atom. The molecule has 0 unspecified atom stereocenters. The second kappa shape index (κ2) is 8.65. The number of rotatable bonds is 8. The zero-order valence-corrected chi connectivity index (χ0v) is 13.0. The van der Waals surface area contributed by atoms with E-state index in [-0.39, 0.29) is 5.82 Å². The molecule has 0 amide bonds. The lowest BCUT2D eigenvalue weighted by molar-refractivity contribution is 0.257. The first-order valence-electron chi connectivity index (χ1n) is 6.83. The summed E-state index contributed by atoms with van der Waals surface area (Å²) in [5.74, 6) is -0.188. The molecule has 0 aromatic heterocycles. The van der Waals surface area contributed by atoms with Crippen LogP contribution in [-0.4, -0.2) is 18.0 Å². The summed E-state index contributed by atoms with van der Waals surface area (Å²) in [5.41, 5.74) is 1.18. The van der Waals surface area contributed by atoms with Crippen LogP contribution in [0.4, 0.5) is 4.39 Å². The summed E-state index contributed by atoms with van der Waals surface area (Å²) in [6.45, 7) is 7.61.